The number of nitrogens with zero attached hydrogens (tertiary/aromatic N) is 3. The van der Waals surface area contributed by atoms with Crippen LogP contribution in [-0.4, -0.2) is 65.3 Å². The highest BCUT2D eigenvalue weighted by Gasteiger charge is 2.46. The van der Waals surface area contributed by atoms with E-state index in [1.54, 1.807) is 11.9 Å². The first-order valence-corrected chi connectivity index (χ1v) is 14.6. The van der Waals surface area contributed by atoms with Crippen LogP contribution in [0.5, 0.6) is 11.5 Å². The van der Waals surface area contributed by atoms with Gasteiger partial charge in [-0.2, -0.15) is 0 Å². The molecule has 0 saturated carbocycles. The molecule has 8 heteroatoms. The van der Waals surface area contributed by atoms with Crippen LogP contribution in [0.1, 0.15) is 43.9 Å². The number of carbonyl (C=O) groups is 3. The second-order valence-electron chi connectivity index (χ2n) is 10.8. The number of para-hydroxylation sites is 1. The van der Waals surface area contributed by atoms with Gasteiger partial charge < -0.3 is 19.9 Å². The van der Waals surface area contributed by atoms with Crippen LogP contribution in [0.15, 0.2) is 96.2 Å². The molecule has 4 amide bonds. The number of amides is 4. The van der Waals surface area contributed by atoms with Gasteiger partial charge in [0.2, 0.25) is 5.91 Å². The van der Waals surface area contributed by atoms with E-state index in [0.29, 0.717) is 42.3 Å². The molecule has 2 aliphatic rings. The molecule has 0 fully saturated rings. The predicted octanol–water partition coefficient (Wildman–Crippen LogP) is 5.53. The van der Waals surface area contributed by atoms with Gasteiger partial charge >= 0.3 is 6.03 Å². The summed E-state index contributed by atoms with van der Waals surface area (Å²) < 4.78 is 6.04. The van der Waals surface area contributed by atoms with E-state index in [9.17, 15) is 14.4 Å². The lowest BCUT2D eigenvalue weighted by molar-refractivity contribution is -0.143. The Morgan fingerprint density at radius 1 is 0.929 bits per heavy atom. The molecule has 3 aromatic rings. The molecule has 0 radical (unpaired) electrons. The van der Waals surface area contributed by atoms with Gasteiger partial charge in [-0.15, -0.1) is 0 Å². The highest BCUT2D eigenvalue weighted by Crippen LogP contribution is 2.38. The van der Waals surface area contributed by atoms with Crippen molar-refractivity contribution in [1.29, 1.82) is 0 Å². The van der Waals surface area contributed by atoms with Gasteiger partial charge in [0.25, 0.3) is 5.91 Å². The maximum atomic E-state index is 14.3. The molecule has 2 heterocycles. The Hall–Kier alpha value is -4.59. The first-order valence-electron chi connectivity index (χ1n) is 14.6. The van der Waals surface area contributed by atoms with E-state index in [2.05, 4.69) is 19.2 Å². The molecular weight excluding hydrogens is 528 g/mol. The number of urea groups is 1. The summed E-state index contributed by atoms with van der Waals surface area (Å²) in [6.45, 7) is 5.55. The molecule has 0 saturated heterocycles. The van der Waals surface area contributed by atoms with E-state index < -0.39 is 12.1 Å². The maximum Gasteiger partial charge on any atom is 0.322 e. The Morgan fingerprint density at radius 3 is 2.24 bits per heavy atom. The molecule has 0 bridgehead atoms. The van der Waals surface area contributed by atoms with Crippen molar-refractivity contribution in [3.8, 4) is 11.5 Å². The normalized spacial score (nSPS) is 17.2. The molecular formula is C34H38N4O4. The van der Waals surface area contributed by atoms with Crippen molar-refractivity contribution in [1.82, 2.24) is 20.0 Å². The van der Waals surface area contributed by atoms with Gasteiger partial charge in [0.15, 0.2) is 0 Å². The highest BCUT2D eigenvalue weighted by molar-refractivity contribution is 6.03. The van der Waals surface area contributed by atoms with Crippen LogP contribution in [0.4, 0.5) is 4.79 Å². The summed E-state index contributed by atoms with van der Waals surface area (Å²) in [6.07, 6.45) is 2.06. The molecule has 2 unspecified atom stereocenters. The summed E-state index contributed by atoms with van der Waals surface area (Å²) in [5.74, 6) is 0.991. The molecule has 0 spiro atoms. The molecule has 2 aliphatic heterocycles. The van der Waals surface area contributed by atoms with Crippen molar-refractivity contribution in [2.75, 3.05) is 26.7 Å². The Labute approximate surface area is 247 Å². The van der Waals surface area contributed by atoms with Gasteiger partial charge in [0.05, 0.1) is 23.9 Å². The topological polar surface area (TPSA) is 82.2 Å². The molecule has 2 atom stereocenters. The summed E-state index contributed by atoms with van der Waals surface area (Å²) in [5, 5.41) is 3.01. The van der Waals surface area contributed by atoms with Crippen molar-refractivity contribution in [3.05, 3.63) is 107 Å². The molecule has 42 heavy (non-hydrogen) atoms. The van der Waals surface area contributed by atoms with Crippen LogP contribution < -0.4 is 10.1 Å². The third-order valence-electron chi connectivity index (χ3n) is 7.79. The summed E-state index contributed by atoms with van der Waals surface area (Å²) in [5.41, 5.74) is 2.81. The molecule has 0 aromatic heterocycles. The van der Waals surface area contributed by atoms with E-state index >= 15 is 0 Å². The fraction of sp³-hybridized carbons (Fsp3) is 0.324. The Morgan fingerprint density at radius 2 is 1.57 bits per heavy atom. The van der Waals surface area contributed by atoms with E-state index in [-0.39, 0.29) is 24.4 Å². The van der Waals surface area contributed by atoms with Crippen molar-refractivity contribution in [2.24, 2.45) is 0 Å². The average Bonchev–Trinajstić information content (AvgIpc) is 3.35. The van der Waals surface area contributed by atoms with Gasteiger partial charge in [-0.25, -0.2) is 4.79 Å². The quantitative estimate of drug-likeness (QED) is 0.331. The number of benzene rings is 3. The monoisotopic (exact) mass is 566 g/mol. The Bertz CT molecular complexity index is 1450. The van der Waals surface area contributed by atoms with Crippen LogP contribution in [0, 0.1) is 0 Å². The van der Waals surface area contributed by atoms with E-state index in [1.165, 1.54) is 4.90 Å². The Kier molecular flexibility index (Phi) is 8.91. The fourth-order valence-corrected chi connectivity index (χ4v) is 5.72. The van der Waals surface area contributed by atoms with Gasteiger partial charge in [-0.05, 0) is 48.2 Å². The zero-order valence-electron chi connectivity index (χ0n) is 24.5. The van der Waals surface area contributed by atoms with Crippen LogP contribution >= 0.6 is 0 Å². The summed E-state index contributed by atoms with van der Waals surface area (Å²) in [6, 6.07) is 25.0. The average molecular weight is 567 g/mol. The lowest BCUT2D eigenvalue weighted by atomic mass is 9.95. The van der Waals surface area contributed by atoms with Crippen LogP contribution in [0.2, 0.25) is 0 Å². The number of hydrogen-bond donors (Lipinski definition) is 1. The predicted molar refractivity (Wildman–Crippen MR) is 162 cm³/mol. The standard InChI is InChI=1S/C34H38N4O4/c1-4-19-37(20-5-2)32(39)28(21-24-13-8-6-9-14-24)38-23-29-30(33(38)40)31(35-34(41)36(29)3)25-15-12-18-27(22-25)42-26-16-10-7-11-17-26/h6-18,22,28,31H,4-5,19-21,23H2,1-3H3,(H,35,41). The largest absolute Gasteiger partial charge is 0.457 e. The molecule has 1 N–H and O–H groups in total. The number of nitrogens with one attached hydrogen (secondary N) is 1. The summed E-state index contributed by atoms with van der Waals surface area (Å²) in [7, 11) is 1.67. The second kappa shape index (κ2) is 12.9. The zero-order chi connectivity index (χ0) is 29.6. The van der Waals surface area contributed by atoms with Crippen LogP contribution in [0.25, 0.3) is 0 Å². The summed E-state index contributed by atoms with van der Waals surface area (Å²) >= 11 is 0. The third-order valence-corrected chi connectivity index (χ3v) is 7.79. The molecule has 5 rings (SSSR count). The van der Waals surface area contributed by atoms with Crippen molar-refractivity contribution >= 4 is 17.8 Å². The molecule has 3 aromatic carbocycles. The van der Waals surface area contributed by atoms with Crippen molar-refractivity contribution in [2.45, 2.75) is 45.2 Å². The first-order chi connectivity index (χ1) is 20.4. The van der Waals surface area contributed by atoms with E-state index in [0.717, 1.165) is 24.0 Å². The lowest BCUT2D eigenvalue weighted by Crippen LogP contribution is -2.51. The summed E-state index contributed by atoms with van der Waals surface area (Å²) in [4.78, 5) is 46.5. The minimum absolute atomic E-state index is 0.0625. The highest BCUT2D eigenvalue weighted by atomic mass is 16.5. The zero-order valence-corrected chi connectivity index (χ0v) is 24.5. The minimum atomic E-state index is -0.694. The third kappa shape index (κ3) is 6.03. The number of likely N-dealkylation sites (N-methyl/N-ethyl adjacent to an activating group) is 1. The van der Waals surface area contributed by atoms with E-state index in [1.807, 2.05) is 89.8 Å². The van der Waals surface area contributed by atoms with E-state index in [4.69, 9.17) is 4.74 Å². The Balaban J connectivity index is 1.48. The molecule has 8 nitrogen and oxygen atoms in total. The number of carbonyl (C=O) groups excluding carboxylic acids is 3. The smallest absolute Gasteiger partial charge is 0.322 e. The molecule has 0 aliphatic carbocycles. The molecule has 218 valence electrons. The number of hydrogen-bond acceptors (Lipinski definition) is 4. The first kappa shape index (κ1) is 28.9. The van der Waals surface area contributed by atoms with Gasteiger partial charge in [0.1, 0.15) is 17.5 Å². The van der Waals surface area contributed by atoms with Gasteiger partial charge in [-0.3, -0.25) is 14.5 Å². The fourth-order valence-electron chi connectivity index (χ4n) is 5.72. The SMILES string of the molecule is CCCN(CCC)C(=O)C(Cc1ccccc1)N1CC2=C(C1=O)C(c1cccc(Oc3ccccc3)c1)NC(=O)N2C. The number of ether oxygens (including phenoxy) is 1. The van der Waals surface area contributed by atoms with Gasteiger partial charge in [-0.1, -0.05) is 74.5 Å². The minimum Gasteiger partial charge on any atom is -0.457 e. The maximum absolute atomic E-state index is 14.3. The van der Waals surface area contributed by atoms with Crippen LogP contribution in [0.3, 0.4) is 0 Å². The van der Waals surface area contributed by atoms with Crippen molar-refractivity contribution < 1.29 is 19.1 Å². The lowest BCUT2D eigenvalue weighted by Gasteiger charge is -2.33. The number of rotatable bonds is 11. The van der Waals surface area contributed by atoms with Crippen molar-refractivity contribution in [3.63, 3.8) is 0 Å². The van der Waals surface area contributed by atoms with Gasteiger partial charge in [0, 0.05) is 26.6 Å². The second-order valence-corrected chi connectivity index (χ2v) is 10.8. The van der Waals surface area contributed by atoms with Crippen LogP contribution in [-0.2, 0) is 16.0 Å².